The number of nitrogens with one attached hydrogen (secondary N) is 1. The summed E-state index contributed by atoms with van der Waals surface area (Å²) in [6.45, 7) is 1.47. The van der Waals surface area contributed by atoms with Gasteiger partial charge in [-0.2, -0.15) is 0 Å². The second kappa shape index (κ2) is 5.68. The molecule has 4 rings (SSSR count). The van der Waals surface area contributed by atoms with E-state index >= 15 is 0 Å². The molecule has 1 aromatic carbocycles. The van der Waals surface area contributed by atoms with Gasteiger partial charge in [-0.15, -0.1) is 0 Å². The lowest BCUT2D eigenvalue weighted by molar-refractivity contribution is 0.465. The van der Waals surface area contributed by atoms with E-state index < -0.39 is 10.0 Å². The van der Waals surface area contributed by atoms with Crippen LogP contribution in [0.3, 0.4) is 0 Å². The highest BCUT2D eigenvalue weighted by atomic mass is 32.2. The van der Waals surface area contributed by atoms with Crippen LogP contribution in [0, 0.1) is 5.82 Å². The quantitative estimate of drug-likeness (QED) is 0.915. The van der Waals surface area contributed by atoms with Crippen molar-refractivity contribution in [2.24, 2.45) is 0 Å². The Labute approximate surface area is 138 Å². The summed E-state index contributed by atoms with van der Waals surface area (Å²) in [5, 5.41) is 0.643. The fraction of sp³-hybridized carbons (Fsp3) is 0.533. The first-order chi connectivity index (χ1) is 11.0. The number of piperidine rings is 1. The van der Waals surface area contributed by atoms with Gasteiger partial charge in [0, 0.05) is 19.1 Å². The Hall–Kier alpha value is -1.25. The molecule has 2 aliphatic rings. The monoisotopic (exact) mass is 355 g/mol. The van der Waals surface area contributed by atoms with Crippen molar-refractivity contribution in [1.82, 2.24) is 9.71 Å². The summed E-state index contributed by atoms with van der Waals surface area (Å²) in [5.74, 6) is -0.263. The summed E-state index contributed by atoms with van der Waals surface area (Å²) in [5.41, 5.74) is 0.784. The molecule has 1 aliphatic carbocycles. The van der Waals surface area contributed by atoms with E-state index in [4.69, 9.17) is 0 Å². The van der Waals surface area contributed by atoms with Gasteiger partial charge in [-0.25, -0.2) is 22.5 Å². The number of sulfonamides is 1. The Bertz CT molecular complexity index is 832. The van der Waals surface area contributed by atoms with Crippen molar-refractivity contribution in [3.05, 3.63) is 24.0 Å². The molecule has 0 amide bonds. The number of halogens is 1. The van der Waals surface area contributed by atoms with Crippen molar-refractivity contribution in [3.8, 4) is 0 Å². The molecule has 0 spiro atoms. The molecule has 8 heteroatoms. The van der Waals surface area contributed by atoms with E-state index in [0.29, 0.717) is 6.54 Å². The predicted octanol–water partition coefficient (Wildman–Crippen LogP) is 2.49. The molecule has 1 unspecified atom stereocenters. The molecule has 1 N–H and O–H groups in total. The molecule has 0 bridgehead atoms. The highest BCUT2D eigenvalue weighted by Crippen LogP contribution is 2.32. The van der Waals surface area contributed by atoms with Crippen molar-refractivity contribution in [3.63, 3.8) is 0 Å². The molecule has 1 saturated carbocycles. The van der Waals surface area contributed by atoms with Gasteiger partial charge in [0.05, 0.1) is 15.5 Å². The number of hydrogen-bond donors (Lipinski definition) is 1. The lowest BCUT2D eigenvalue weighted by Crippen LogP contribution is -2.48. The van der Waals surface area contributed by atoms with E-state index in [1.807, 2.05) is 0 Å². The first-order valence-electron chi connectivity index (χ1n) is 7.83. The van der Waals surface area contributed by atoms with Crippen LogP contribution in [0.25, 0.3) is 10.2 Å². The van der Waals surface area contributed by atoms with E-state index in [1.165, 1.54) is 23.5 Å². The molecule has 1 aromatic heterocycles. The van der Waals surface area contributed by atoms with Gasteiger partial charge in [0.2, 0.25) is 10.0 Å². The average Bonchev–Trinajstić information content (AvgIpc) is 3.28. The average molecular weight is 355 g/mol. The minimum atomic E-state index is -3.17. The second-order valence-electron chi connectivity index (χ2n) is 6.26. The zero-order valence-corrected chi connectivity index (χ0v) is 14.2. The van der Waals surface area contributed by atoms with Gasteiger partial charge in [0.25, 0.3) is 0 Å². The van der Waals surface area contributed by atoms with Crippen LogP contribution in [0.4, 0.5) is 9.52 Å². The van der Waals surface area contributed by atoms with E-state index in [9.17, 15) is 12.8 Å². The first-order valence-corrected chi connectivity index (χ1v) is 10.2. The van der Waals surface area contributed by atoms with Crippen molar-refractivity contribution in [1.29, 1.82) is 0 Å². The van der Waals surface area contributed by atoms with Crippen LogP contribution >= 0.6 is 11.3 Å². The first kappa shape index (κ1) is 15.3. The summed E-state index contributed by atoms with van der Waals surface area (Å²) >= 11 is 1.45. The van der Waals surface area contributed by atoms with Gasteiger partial charge in [0.1, 0.15) is 5.82 Å². The standard InChI is InChI=1S/C15H18FN3O2S2/c16-10-3-6-13-14(8-10)22-15(17-13)19-7-1-2-11(9-19)18-23(20,21)12-4-5-12/h3,6,8,11-12,18H,1-2,4-5,7,9H2. The van der Waals surface area contributed by atoms with Crippen molar-refractivity contribution < 1.29 is 12.8 Å². The van der Waals surface area contributed by atoms with Gasteiger partial charge >= 0.3 is 0 Å². The zero-order chi connectivity index (χ0) is 16.0. The van der Waals surface area contributed by atoms with Gasteiger partial charge < -0.3 is 4.90 Å². The molecular formula is C15H18FN3O2S2. The Morgan fingerprint density at radius 2 is 2.13 bits per heavy atom. The normalized spacial score (nSPS) is 22.7. The smallest absolute Gasteiger partial charge is 0.214 e. The number of thiazole rings is 1. The fourth-order valence-corrected chi connectivity index (χ4v) is 5.61. The van der Waals surface area contributed by atoms with Crippen LogP contribution in [-0.2, 0) is 10.0 Å². The summed E-state index contributed by atoms with van der Waals surface area (Å²) in [7, 11) is -3.17. The third-order valence-electron chi connectivity index (χ3n) is 4.33. The highest BCUT2D eigenvalue weighted by Gasteiger charge is 2.37. The topological polar surface area (TPSA) is 62.3 Å². The predicted molar refractivity (Wildman–Crippen MR) is 89.9 cm³/mol. The number of anilines is 1. The fourth-order valence-electron chi connectivity index (χ4n) is 2.98. The van der Waals surface area contributed by atoms with Gasteiger partial charge in [-0.3, -0.25) is 0 Å². The maximum absolute atomic E-state index is 13.3. The number of aromatic nitrogens is 1. The largest absolute Gasteiger partial charge is 0.346 e. The van der Waals surface area contributed by atoms with Crippen molar-refractivity contribution in [2.75, 3.05) is 18.0 Å². The number of benzene rings is 1. The molecule has 2 aromatic rings. The summed E-state index contributed by atoms with van der Waals surface area (Å²) in [6.07, 6.45) is 3.31. The van der Waals surface area contributed by atoms with E-state index in [2.05, 4.69) is 14.6 Å². The molecule has 2 heterocycles. The lowest BCUT2D eigenvalue weighted by atomic mass is 10.1. The molecule has 124 valence electrons. The van der Waals surface area contributed by atoms with Crippen LogP contribution in [0.5, 0.6) is 0 Å². The minimum absolute atomic E-state index is 0.0712. The highest BCUT2D eigenvalue weighted by molar-refractivity contribution is 7.90. The molecule has 0 radical (unpaired) electrons. The zero-order valence-electron chi connectivity index (χ0n) is 12.5. The Balaban J connectivity index is 1.51. The SMILES string of the molecule is O=S(=O)(NC1CCCN(c2nc3ccc(F)cc3s2)C1)C1CC1. The summed E-state index contributed by atoms with van der Waals surface area (Å²) in [6, 6.07) is 4.52. The number of fused-ring (bicyclic) bond motifs is 1. The van der Waals surface area contributed by atoms with Crippen molar-refractivity contribution in [2.45, 2.75) is 37.0 Å². The Morgan fingerprint density at radius 1 is 1.30 bits per heavy atom. The van der Waals surface area contributed by atoms with E-state index in [0.717, 1.165) is 47.6 Å². The molecule has 1 atom stereocenters. The molecule has 2 fully saturated rings. The third-order valence-corrected chi connectivity index (χ3v) is 7.42. The molecule has 5 nitrogen and oxygen atoms in total. The maximum atomic E-state index is 13.3. The number of rotatable bonds is 4. The minimum Gasteiger partial charge on any atom is -0.346 e. The van der Waals surface area contributed by atoms with E-state index in [-0.39, 0.29) is 17.1 Å². The molecule has 1 aliphatic heterocycles. The van der Waals surface area contributed by atoms with Crippen LogP contribution in [-0.4, -0.2) is 37.8 Å². The number of hydrogen-bond acceptors (Lipinski definition) is 5. The molecule has 1 saturated heterocycles. The Morgan fingerprint density at radius 3 is 2.91 bits per heavy atom. The summed E-state index contributed by atoms with van der Waals surface area (Å²) < 4.78 is 41.2. The lowest BCUT2D eigenvalue weighted by Gasteiger charge is -2.32. The van der Waals surface area contributed by atoms with Gasteiger partial charge in [-0.05, 0) is 43.9 Å². The Kier molecular flexibility index (Phi) is 3.78. The third kappa shape index (κ3) is 3.20. The second-order valence-corrected chi connectivity index (χ2v) is 9.26. The molecule has 23 heavy (non-hydrogen) atoms. The summed E-state index contributed by atoms with van der Waals surface area (Å²) in [4.78, 5) is 6.66. The van der Waals surface area contributed by atoms with Gasteiger partial charge in [-0.1, -0.05) is 11.3 Å². The van der Waals surface area contributed by atoms with Crippen LogP contribution < -0.4 is 9.62 Å². The van der Waals surface area contributed by atoms with E-state index in [1.54, 1.807) is 6.07 Å². The van der Waals surface area contributed by atoms with Gasteiger partial charge in [0.15, 0.2) is 5.13 Å². The maximum Gasteiger partial charge on any atom is 0.214 e. The van der Waals surface area contributed by atoms with Crippen LogP contribution in [0.2, 0.25) is 0 Å². The number of nitrogens with zero attached hydrogens (tertiary/aromatic N) is 2. The van der Waals surface area contributed by atoms with Crippen molar-refractivity contribution >= 4 is 36.7 Å². The van der Waals surface area contributed by atoms with Crippen LogP contribution in [0.15, 0.2) is 18.2 Å². The van der Waals surface area contributed by atoms with Crippen LogP contribution in [0.1, 0.15) is 25.7 Å². The molecular weight excluding hydrogens is 337 g/mol.